The number of fused-ring (bicyclic) bond motifs is 3. The fraction of sp³-hybridized carbons (Fsp3) is 0.778. The summed E-state index contributed by atoms with van der Waals surface area (Å²) in [5.41, 5.74) is 1.27. The van der Waals surface area contributed by atoms with Gasteiger partial charge in [0.1, 0.15) is 0 Å². The van der Waals surface area contributed by atoms with Crippen LogP contribution in [-0.4, -0.2) is 17.9 Å². The summed E-state index contributed by atoms with van der Waals surface area (Å²) in [6.07, 6.45) is 6.82. The van der Waals surface area contributed by atoms with Crippen LogP contribution in [0.3, 0.4) is 0 Å². The van der Waals surface area contributed by atoms with Gasteiger partial charge in [-0.25, -0.2) is 4.79 Å². The largest absolute Gasteiger partial charge is 0.451 e. The van der Waals surface area contributed by atoms with Crippen molar-refractivity contribution in [1.29, 1.82) is 0 Å². The molecule has 3 nitrogen and oxygen atoms in total. The molecule has 1 aliphatic heterocycles. The molecule has 0 N–H and O–H groups in total. The molecule has 0 aromatic rings. The van der Waals surface area contributed by atoms with E-state index in [1.54, 1.807) is 0 Å². The Bertz CT molecular complexity index is 517. The molecule has 3 heteroatoms. The molecule has 1 heterocycles. The molecule has 0 radical (unpaired) electrons. The van der Waals surface area contributed by atoms with Crippen molar-refractivity contribution in [3.63, 3.8) is 0 Å². The van der Waals surface area contributed by atoms with E-state index in [9.17, 15) is 9.59 Å². The van der Waals surface area contributed by atoms with Crippen LogP contribution in [0.2, 0.25) is 0 Å². The van der Waals surface area contributed by atoms with E-state index in [1.165, 1.54) is 19.8 Å². The first-order valence-corrected chi connectivity index (χ1v) is 8.17. The summed E-state index contributed by atoms with van der Waals surface area (Å²) in [5, 5.41) is 0. The fourth-order valence-corrected chi connectivity index (χ4v) is 5.24. The molecule has 116 valence electrons. The zero-order valence-electron chi connectivity index (χ0n) is 13.6. The number of cyclic esters (lactones) is 1. The van der Waals surface area contributed by atoms with Crippen molar-refractivity contribution in [2.24, 2.45) is 22.7 Å². The molecule has 0 aromatic heterocycles. The maximum Gasteiger partial charge on any atom is 0.334 e. The highest BCUT2D eigenvalue weighted by atomic mass is 16.5. The number of allylic oxidation sites excluding steroid dienone is 1. The summed E-state index contributed by atoms with van der Waals surface area (Å²) >= 11 is 0. The monoisotopic (exact) mass is 290 g/mol. The van der Waals surface area contributed by atoms with Crippen LogP contribution >= 0.6 is 0 Å². The number of Topliss-reactive ketones (excluding diaryl/α,β-unsaturated/α-hetero) is 1. The molecule has 0 bridgehead atoms. The number of hydrogen-bond acceptors (Lipinski definition) is 3. The second kappa shape index (κ2) is 4.69. The van der Waals surface area contributed by atoms with Crippen LogP contribution in [0.5, 0.6) is 0 Å². The van der Waals surface area contributed by atoms with Crippen LogP contribution in [0.4, 0.5) is 0 Å². The van der Waals surface area contributed by atoms with Gasteiger partial charge in [0, 0.05) is 11.5 Å². The predicted octanol–water partition coefficient (Wildman–Crippen LogP) is 3.67. The van der Waals surface area contributed by atoms with Crippen LogP contribution < -0.4 is 0 Å². The van der Waals surface area contributed by atoms with Crippen LogP contribution in [0.1, 0.15) is 59.8 Å². The summed E-state index contributed by atoms with van der Waals surface area (Å²) in [6.45, 7) is 8.58. The third-order valence-electron chi connectivity index (χ3n) is 6.41. The number of esters is 1. The van der Waals surface area contributed by atoms with Crippen molar-refractivity contribution in [3.05, 3.63) is 11.6 Å². The normalized spacial score (nSPS) is 41.4. The summed E-state index contributed by atoms with van der Waals surface area (Å²) in [4.78, 5) is 24.0. The van der Waals surface area contributed by atoms with E-state index in [1.807, 2.05) is 0 Å². The van der Waals surface area contributed by atoms with E-state index >= 15 is 0 Å². The van der Waals surface area contributed by atoms with Gasteiger partial charge >= 0.3 is 5.97 Å². The van der Waals surface area contributed by atoms with Gasteiger partial charge in [-0.1, -0.05) is 33.3 Å². The fourth-order valence-electron chi connectivity index (χ4n) is 5.24. The highest BCUT2D eigenvalue weighted by molar-refractivity contribution is 5.94. The molecule has 2 aliphatic carbocycles. The molecule has 3 aliphatic rings. The molecule has 21 heavy (non-hydrogen) atoms. The van der Waals surface area contributed by atoms with Gasteiger partial charge in [0.15, 0.2) is 11.9 Å². The number of hydrogen-bond donors (Lipinski definition) is 0. The first-order valence-electron chi connectivity index (χ1n) is 8.17. The second-order valence-corrected chi connectivity index (χ2v) is 8.09. The maximum atomic E-state index is 12.3. The Balaban J connectivity index is 2.00. The number of carbonyl (C=O) groups excluding carboxylic acids is 2. The molecule has 4 atom stereocenters. The van der Waals surface area contributed by atoms with Crippen molar-refractivity contribution in [3.8, 4) is 0 Å². The van der Waals surface area contributed by atoms with Gasteiger partial charge < -0.3 is 4.74 Å². The Morgan fingerprint density at radius 1 is 1.29 bits per heavy atom. The quantitative estimate of drug-likeness (QED) is 0.692. The summed E-state index contributed by atoms with van der Waals surface area (Å²) in [5.74, 6) is 0.495. The van der Waals surface area contributed by atoms with E-state index in [-0.39, 0.29) is 23.1 Å². The lowest BCUT2D eigenvalue weighted by molar-refractivity contribution is -0.161. The van der Waals surface area contributed by atoms with Crippen molar-refractivity contribution < 1.29 is 14.3 Å². The van der Waals surface area contributed by atoms with Crippen molar-refractivity contribution in [1.82, 2.24) is 0 Å². The van der Waals surface area contributed by atoms with Crippen molar-refractivity contribution >= 4 is 11.8 Å². The molecular weight excluding hydrogens is 264 g/mol. The molecule has 2 fully saturated rings. The van der Waals surface area contributed by atoms with Gasteiger partial charge in [0.25, 0.3) is 0 Å². The molecule has 0 unspecified atom stereocenters. The highest BCUT2D eigenvalue weighted by Gasteiger charge is 2.55. The Morgan fingerprint density at radius 2 is 2.00 bits per heavy atom. The summed E-state index contributed by atoms with van der Waals surface area (Å²) < 4.78 is 5.34. The Kier molecular flexibility index (Phi) is 3.30. The van der Waals surface area contributed by atoms with Crippen molar-refractivity contribution in [2.45, 2.75) is 65.9 Å². The van der Waals surface area contributed by atoms with Gasteiger partial charge in [-0.15, -0.1) is 0 Å². The Labute approximate surface area is 127 Å². The number of carbonyl (C=O) groups is 2. The predicted molar refractivity (Wildman–Crippen MR) is 80.6 cm³/mol. The minimum atomic E-state index is -0.541. The Hall–Kier alpha value is -1.12. The molecule has 0 aromatic carbocycles. The zero-order valence-corrected chi connectivity index (χ0v) is 13.6. The lowest BCUT2D eigenvalue weighted by atomic mass is 9.47. The van der Waals surface area contributed by atoms with Gasteiger partial charge in [-0.2, -0.15) is 0 Å². The Morgan fingerprint density at radius 3 is 2.67 bits per heavy atom. The lowest BCUT2D eigenvalue weighted by Crippen LogP contribution is -2.53. The summed E-state index contributed by atoms with van der Waals surface area (Å²) in [7, 11) is 0. The van der Waals surface area contributed by atoms with Gasteiger partial charge in [-0.05, 0) is 49.4 Å². The van der Waals surface area contributed by atoms with E-state index < -0.39 is 6.10 Å². The van der Waals surface area contributed by atoms with Crippen LogP contribution in [0.25, 0.3) is 0 Å². The smallest absolute Gasteiger partial charge is 0.334 e. The molecular formula is C18H26O3. The van der Waals surface area contributed by atoms with E-state index in [2.05, 4.69) is 26.8 Å². The third kappa shape index (κ3) is 2.16. The second-order valence-electron chi connectivity index (χ2n) is 8.09. The minimum absolute atomic E-state index is 0.0248. The average molecular weight is 290 g/mol. The number of ether oxygens (including phenoxy) is 1. The van der Waals surface area contributed by atoms with Gasteiger partial charge in [0.05, 0.1) is 0 Å². The minimum Gasteiger partial charge on any atom is -0.451 e. The zero-order chi connectivity index (χ0) is 15.4. The highest BCUT2D eigenvalue weighted by Crippen LogP contribution is 2.61. The molecule has 0 amide bonds. The first kappa shape index (κ1) is 14.8. The van der Waals surface area contributed by atoms with Crippen LogP contribution in [0, 0.1) is 22.7 Å². The SMILES string of the molecule is CC(=O)[C@@H]1C[C@H]2C(=CC[C@H]3C(C)(C)CCC[C@]23C)C(=O)O1. The summed E-state index contributed by atoms with van der Waals surface area (Å²) in [6, 6.07) is 0. The number of ketones is 1. The van der Waals surface area contributed by atoms with Crippen molar-refractivity contribution in [2.75, 3.05) is 0 Å². The lowest BCUT2D eigenvalue weighted by Gasteiger charge is -2.57. The van der Waals surface area contributed by atoms with Gasteiger partial charge in [-0.3, -0.25) is 4.79 Å². The molecule has 0 spiro atoms. The van der Waals surface area contributed by atoms with E-state index in [0.717, 1.165) is 18.4 Å². The molecule has 1 saturated heterocycles. The maximum absolute atomic E-state index is 12.3. The standard InChI is InChI=1S/C18H26O3/c1-11(19)14-10-13-12(16(20)21-14)6-7-15-17(2,3)8-5-9-18(13,15)4/h6,13-15H,5,7-10H2,1-4H3/t13-,14-,15-,18+/m0/s1. The molecule has 1 saturated carbocycles. The number of rotatable bonds is 1. The third-order valence-corrected chi connectivity index (χ3v) is 6.41. The first-order chi connectivity index (χ1) is 9.75. The van der Waals surface area contributed by atoms with E-state index in [0.29, 0.717) is 17.8 Å². The topological polar surface area (TPSA) is 43.4 Å². The molecule has 3 rings (SSSR count). The van der Waals surface area contributed by atoms with Crippen LogP contribution in [0.15, 0.2) is 11.6 Å². The van der Waals surface area contributed by atoms with Crippen LogP contribution in [-0.2, 0) is 14.3 Å². The van der Waals surface area contributed by atoms with Gasteiger partial charge in [0.2, 0.25) is 0 Å². The average Bonchev–Trinajstić information content (AvgIpc) is 2.38. The van der Waals surface area contributed by atoms with E-state index in [4.69, 9.17) is 4.74 Å².